The highest BCUT2D eigenvalue weighted by Crippen LogP contribution is 2.14. The molecule has 0 bridgehead atoms. The summed E-state index contributed by atoms with van der Waals surface area (Å²) in [6.45, 7) is 6.58. The van der Waals surface area contributed by atoms with Crippen molar-refractivity contribution in [3.63, 3.8) is 0 Å². The molecule has 0 aliphatic rings. The molecule has 0 N–H and O–H groups in total. The Kier molecular flexibility index (Phi) is 44.9. The molecule has 6 nitrogen and oxygen atoms in total. The average Bonchev–Trinajstić information content (AvgIpc) is 3.21. The molecule has 1 atom stereocenters. The van der Waals surface area contributed by atoms with E-state index in [1.165, 1.54) is 161 Å². The maximum Gasteiger partial charge on any atom is 0.306 e. The molecule has 0 fully saturated rings. The Hall–Kier alpha value is -2.11. The topological polar surface area (TPSA) is 78.9 Å². The monoisotopic (exact) mass is 803 g/mol. The molecular formula is C51H94O6. The summed E-state index contributed by atoms with van der Waals surface area (Å²) < 4.78 is 16.7. The van der Waals surface area contributed by atoms with E-state index >= 15 is 0 Å². The zero-order valence-corrected chi connectivity index (χ0v) is 38.1. The van der Waals surface area contributed by atoms with Crippen LogP contribution >= 0.6 is 0 Å². The van der Waals surface area contributed by atoms with Crippen molar-refractivity contribution in [3.05, 3.63) is 24.3 Å². The van der Waals surface area contributed by atoms with Crippen LogP contribution in [0.4, 0.5) is 0 Å². The van der Waals surface area contributed by atoms with Gasteiger partial charge in [0.05, 0.1) is 0 Å². The van der Waals surface area contributed by atoms with Gasteiger partial charge in [-0.3, -0.25) is 14.4 Å². The highest BCUT2D eigenvalue weighted by molar-refractivity contribution is 5.71. The van der Waals surface area contributed by atoms with Crippen LogP contribution in [0.2, 0.25) is 0 Å². The molecule has 0 aliphatic carbocycles. The van der Waals surface area contributed by atoms with Crippen molar-refractivity contribution in [1.29, 1.82) is 0 Å². The molecule has 0 radical (unpaired) electrons. The quantitative estimate of drug-likeness (QED) is 0.0264. The standard InChI is InChI=1S/C51H94O6/c1-4-7-10-13-16-18-20-22-24-26-28-29-31-33-35-38-41-44-50(53)56-47-48(46-55-49(52)43-40-37-15-12-9-6-3)57-51(54)45-42-39-36-34-32-30-27-25-23-21-19-17-14-11-8-5-2/h22,24-25,27,48H,4-21,23,26,28-47H2,1-3H3/b24-22-,27-25-. The Balaban J connectivity index is 4.23. The van der Waals surface area contributed by atoms with Crippen molar-refractivity contribution in [2.24, 2.45) is 0 Å². The molecule has 334 valence electrons. The minimum Gasteiger partial charge on any atom is -0.462 e. The molecule has 0 aromatic heterocycles. The summed E-state index contributed by atoms with van der Waals surface area (Å²) in [6, 6.07) is 0. The van der Waals surface area contributed by atoms with Gasteiger partial charge in [0, 0.05) is 19.3 Å². The molecule has 1 unspecified atom stereocenters. The number of hydrogen-bond acceptors (Lipinski definition) is 6. The summed E-state index contributed by atoms with van der Waals surface area (Å²) in [5.41, 5.74) is 0. The van der Waals surface area contributed by atoms with E-state index in [1.807, 2.05) is 0 Å². The van der Waals surface area contributed by atoms with Crippen molar-refractivity contribution >= 4 is 17.9 Å². The van der Waals surface area contributed by atoms with Crippen LogP contribution in [0.15, 0.2) is 24.3 Å². The van der Waals surface area contributed by atoms with Crippen LogP contribution in [-0.4, -0.2) is 37.2 Å². The van der Waals surface area contributed by atoms with Gasteiger partial charge in [-0.1, -0.05) is 199 Å². The second-order valence-electron chi connectivity index (χ2n) is 16.7. The minimum atomic E-state index is -0.770. The smallest absolute Gasteiger partial charge is 0.306 e. The fourth-order valence-electron chi connectivity index (χ4n) is 7.14. The molecule has 0 rings (SSSR count). The molecule has 0 amide bonds. The Morgan fingerprint density at radius 2 is 0.579 bits per heavy atom. The first-order chi connectivity index (χ1) is 28.0. The first-order valence-corrected chi connectivity index (χ1v) is 24.8. The van der Waals surface area contributed by atoms with E-state index in [-0.39, 0.29) is 31.1 Å². The van der Waals surface area contributed by atoms with Gasteiger partial charge in [0.15, 0.2) is 6.10 Å². The van der Waals surface area contributed by atoms with E-state index in [9.17, 15) is 14.4 Å². The Bertz CT molecular complexity index is 927. The first-order valence-electron chi connectivity index (χ1n) is 24.8. The molecule has 0 aromatic carbocycles. The average molecular weight is 803 g/mol. The molecule has 0 saturated carbocycles. The van der Waals surface area contributed by atoms with E-state index in [4.69, 9.17) is 14.2 Å². The Labute approximate surface area is 353 Å². The molecule has 0 heterocycles. The number of carbonyl (C=O) groups is 3. The fourth-order valence-corrected chi connectivity index (χ4v) is 7.14. The van der Waals surface area contributed by atoms with E-state index in [2.05, 4.69) is 45.1 Å². The third-order valence-corrected chi connectivity index (χ3v) is 10.9. The van der Waals surface area contributed by atoms with Gasteiger partial charge in [-0.15, -0.1) is 0 Å². The van der Waals surface area contributed by atoms with Crippen LogP contribution in [0.5, 0.6) is 0 Å². The lowest BCUT2D eigenvalue weighted by Crippen LogP contribution is -2.30. The van der Waals surface area contributed by atoms with Crippen molar-refractivity contribution in [1.82, 2.24) is 0 Å². The van der Waals surface area contributed by atoms with Crippen molar-refractivity contribution in [2.45, 2.75) is 271 Å². The Morgan fingerprint density at radius 1 is 0.333 bits per heavy atom. The summed E-state index contributed by atoms with van der Waals surface area (Å²) in [4.78, 5) is 37.7. The number of esters is 3. The highest BCUT2D eigenvalue weighted by Gasteiger charge is 2.19. The predicted octanol–water partition coefficient (Wildman–Crippen LogP) is 16.0. The van der Waals surface area contributed by atoms with Crippen LogP contribution in [0.3, 0.4) is 0 Å². The van der Waals surface area contributed by atoms with Crippen LogP contribution in [0, 0.1) is 0 Å². The van der Waals surface area contributed by atoms with Gasteiger partial charge >= 0.3 is 17.9 Å². The molecule has 0 aromatic rings. The molecule has 6 heteroatoms. The van der Waals surface area contributed by atoms with Crippen molar-refractivity contribution in [3.8, 4) is 0 Å². The number of allylic oxidation sites excluding steroid dienone is 4. The number of carbonyl (C=O) groups excluding carboxylic acids is 3. The number of unbranched alkanes of at least 4 members (excludes halogenated alkanes) is 30. The lowest BCUT2D eigenvalue weighted by Gasteiger charge is -2.18. The van der Waals surface area contributed by atoms with Gasteiger partial charge in [0.1, 0.15) is 13.2 Å². The zero-order chi connectivity index (χ0) is 41.5. The SMILES string of the molecule is CCCCCCCC/C=C\CCCCCCCCCC(=O)OCC(COC(=O)CCCCCCCC)OC(=O)CCCCCCC/C=C\CCCCCCCCC. The van der Waals surface area contributed by atoms with Crippen LogP contribution in [0.1, 0.15) is 265 Å². The lowest BCUT2D eigenvalue weighted by atomic mass is 10.1. The number of rotatable bonds is 45. The largest absolute Gasteiger partial charge is 0.462 e. The minimum absolute atomic E-state index is 0.0743. The second kappa shape index (κ2) is 46.6. The van der Waals surface area contributed by atoms with Gasteiger partial charge in [-0.25, -0.2) is 0 Å². The van der Waals surface area contributed by atoms with E-state index in [0.29, 0.717) is 19.3 Å². The molecule has 0 saturated heterocycles. The summed E-state index contributed by atoms with van der Waals surface area (Å²) >= 11 is 0. The number of hydrogen-bond donors (Lipinski definition) is 0. The van der Waals surface area contributed by atoms with Gasteiger partial charge in [-0.05, 0) is 70.6 Å². The normalized spacial score (nSPS) is 12.1. The summed E-state index contributed by atoms with van der Waals surface area (Å²) in [6.07, 6.45) is 51.8. The third-order valence-electron chi connectivity index (χ3n) is 10.9. The van der Waals surface area contributed by atoms with E-state index < -0.39 is 6.10 Å². The Morgan fingerprint density at radius 3 is 0.877 bits per heavy atom. The van der Waals surface area contributed by atoms with Crippen LogP contribution in [-0.2, 0) is 28.6 Å². The molecular weight excluding hydrogens is 709 g/mol. The fraction of sp³-hybridized carbons (Fsp3) is 0.863. The van der Waals surface area contributed by atoms with Crippen molar-refractivity contribution < 1.29 is 28.6 Å². The maximum atomic E-state index is 12.7. The molecule has 57 heavy (non-hydrogen) atoms. The second-order valence-corrected chi connectivity index (χ2v) is 16.7. The van der Waals surface area contributed by atoms with Crippen LogP contribution in [0.25, 0.3) is 0 Å². The molecule has 0 aliphatic heterocycles. The van der Waals surface area contributed by atoms with Gasteiger partial charge in [0.25, 0.3) is 0 Å². The van der Waals surface area contributed by atoms with E-state index in [0.717, 1.165) is 64.2 Å². The van der Waals surface area contributed by atoms with Gasteiger partial charge in [-0.2, -0.15) is 0 Å². The lowest BCUT2D eigenvalue weighted by molar-refractivity contribution is -0.167. The maximum absolute atomic E-state index is 12.7. The highest BCUT2D eigenvalue weighted by atomic mass is 16.6. The number of ether oxygens (including phenoxy) is 3. The summed E-state index contributed by atoms with van der Waals surface area (Å²) in [7, 11) is 0. The van der Waals surface area contributed by atoms with Gasteiger partial charge < -0.3 is 14.2 Å². The van der Waals surface area contributed by atoms with Gasteiger partial charge in [0.2, 0.25) is 0 Å². The predicted molar refractivity (Wildman–Crippen MR) is 243 cm³/mol. The third kappa shape index (κ3) is 44.8. The molecule has 0 spiro atoms. The summed E-state index contributed by atoms with van der Waals surface area (Å²) in [5, 5.41) is 0. The van der Waals surface area contributed by atoms with Crippen molar-refractivity contribution in [2.75, 3.05) is 13.2 Å². The first kappa shape index (κ1) is 54.9. The zero-order valence-electron chi connectivity index (χ0n) is 38.1. The van der Waals surface area contributed by atoms with Crippen LogP contribution < -0.4 is 0 Å². The summed E-state index contributed by atoms with van der Waals surface area (Å²) in [5.74, 6) is -0.888. The van der Waals surface area contributed by atoms with E-state index in [1.54, 1.807) is 0 Å².